The van der Waals surface area contributed by atoms with Crippen LogP contribution >= 0.6 is 11.6 Å². The second-order valence-electron chi connectivity index (χ2n) is 6.76. The van der Waals surface area contributed by atoms with Crippen molar-refractivity contribution in [1.29, 1.82) is 0 Å². The molecule has 1 amide bonds. The zero-order valence-electron chi connectivity index (χ0n) is 16.6. The molecule has 0 spiro atoms. The summed E-state index contributed by atoms with van der Waals surface area (Å²) in [6.07, 6.45) is 0.305. The van der Waals surface area contributed by atoms with Crippen LogP contribution in [0.5, 0.6) is 0 Å². The van der Waals surface area contributed by atoms with Gasteiger partial charge in [0.1, 0.15) is 17.2 Å². The third kappa shape index (κ3) is 3.85. The van der Waals surface area contributed by atoms with Gasteiger partial charge in [-0.25, -0.2) is 28.8 Å². The van der Waals surface area contributed by atoms with Gasteiger partial charge in [0.25, 0.3) is 0 Å². The van der Waals surface area contributed by atoms with Crippen LogP contribution in [0.4, 0.5) is 26.5 Å². The molecule has 5 N–H and O–H groups in total. The Labute approximate surface area is 186 Å². The van der Waals surface area contributed by atoms with Gasteiger partial charge in [0, 0.05) is 24.2 Å². The molecule has 0 saturated carbocycles. The molecule has 0 radical (unpaired) electrons. The van der Waals surface area contributed by atoms with E-state index in [4.69, 9.17) is 23.1 Å². The highest BCUT2D eigenvalue weighted by atomic mass is 35.5. The van der Waals surface area contributed by atoms with E-state index < -0.39 is 6.09 Å². The smallest absolute Gasteiger partial charge is 0.412 e. The normalized spacial score (nSPS) is 11.1. The quantitative estimate of drug-likeness (QED) is 0.375. The first kappa shape index (κ1) is 21.2. The lowest BCUT2D eigenvalue weighted by Gasteiger charge is -2.20. The summed E-state index contributed by atoms with van der Waals surface area (Å²) in [4.78, 5) is 25.3. The summed E-state index contributed by atoms with van der Waals surface area (Å²) in [5.41, 5.74) is 13.3. The Kier molecular flexibility index (Phi) is 5.73. The van der Waals surface area contributed by atoms with E-state index in [0.29, 0.717) is 22.3 Å². The van der Waals surface area contributed by atoms with Crippen LogP contribution in [0.25, 0.3) is 22.6 Å². The first-order valence-electron chi connectivity index (χ1n) is 9.45. The summed E-state index contributed by atoms with van der Waals surface area (Å²) in [7, 11) is 0. The summed E-state index contributed by atoms with van der Waals surface area (Å²) in [6, 6.07) is 9.85. The number of amides is 1. The molecule has 0 aliphatic carbocycles. The first-order valence-corrected chi connectivity index (χ1v) is 9.99. The molecule has 32 heavy (non-hydrogen) atoms. The van der Waals surface area contributed by atoms with Crippen molar-refractivity contribution >= 4 is 46.1 Å². The number of nitrogen functional groups attached to an aromatic ring is 2. The number of fused-ring (bicyclic) bond motifs is 1. The van der Waals surface area contributed by atoms with Crippen molar-refractivity contribution in [2.45, 2.75) is 6.54 Å². The lowest BCUT2D eigenvalue weighted by molar-refractivity contribution is 0.202. The van der Waals surface area contributed by atoms with Gasteiger partial charge < -0.3 is 16.6 Å². The van der Waals surface area contributed by atoms with E-state index in [1.807, 2.05) is 0 Å². The zero-order valence-corrected chi connectivity index (χ0v) is 17.4. The van der Waals surface area contributed by atoms with Crippen molar-refractivity contribution in [3.8, 4) is 11.5 Å². The Morgan fingerprint density at radius 3 is 2.53 bits per heavy atom. The molecule has 1 aromatic carbocycles. The number of alkyl halides is 1. The molecule has 0 unspecified atom stereocenters. The summed E-state index contributed by atoms with van der Waals surface area (Å²) in [6.45, 7) is 0.0872. The molecule has 0 saturated heterocycles. The standard InChI is InChI=1S/C20H18ClFN8O2/c21-7-9-29(20(31)32)15-16(23)26-18(27-17(15)24)14-12-5-3-8-25-19(12)30(28-14)10-11-4-1-2-6-13(11)22/h1-6,8H,7,9-10H2,(H,31,32)(H4,23,24,26,27). The molecule has 12 heteroatoms. The Balaban J connectivity index is 1.82. The van der Waals surface area contributed by atoms with Crippen molar-refractivity contribution in [2.24, 2.45) is 0 Å². The monoisotopic (exact) mass is 456 g/mol. The zero-order chi connectivity index (χ0) is 22.8. The SMILES string of the molecule is Nc1nc(-c2nn(Cc3ccccc3F)c3ncccc23)nc(N)c1N(CCCl)C(=O)O. The minimum atomic E-state index is -1.29. The second kappa shape index (κ2) is 8.63. The van der Waals surface area contributed by atoms with Crippen molar-refractivity contribution in [1.82, 2.24) is 24.7 Å². The van der Waals surface area contributed by atoms with Gasteiger partial charge in [0.15, 0.2) is 23.1 Å². The maximum Gasteiger partial charge on any atom is 0.412 e. The average molecular weight is 457 g/mol. The number of carbonyl (C=O) groups is 1. The number of pyridine rings is 1. The number of anilines is 3. The van der Waals surface area contributed by atoms with Gasteiger partial charge in [-0.15, -0.1) is 11.6 Å². The summed E-state index contributed by atoms with van der Waals surface area (Å²) >= 11 is 5.69. The van der Waals surface area contributed by atoms with E-state index in [9.17, 15) is 14.3 Å². The average Bonchev–Trinajstić information content (AvgIpc) is 3.13. The van der Waals surface area contributed by atoms with Crippen molar-refractivity contribution in [3.63, 3.8) is 0 Å². The van der Waals surface area contributed by atoms with Gasteiger partial charge >= 0.3 is 6.09 Å². The molecular weight excluding hydrogens is 439 g/mol. The highest BCUT2D eigenvalue weighted by Crippen LogP contribution is 2.32. The van der Waals surface area contributed by atoms with E-state index in [0.717, 1.165) is 4.90 Å². The molecule has 0 fully saturated rings. The van der Waals surface area contributed by atoms with Crippen LogP contribution in [0, 0.1) is 5.82 Å². The molecule has 4 aromatic rings. The van der Waals surface area contributed by atoms with E-state index in [2.05, 4.69) is 20.1 Å². The fourth-order valence-electron chi connectivity index (χ4n) is 3.33. The fourth-order valence-corrected chi connectivity index (χ4v) is 3.50. The van der Waals surface area contributed by atoms with Crippen LogP contribution < -0.4 is 16.4 Å². The van der Waals surface area contributed by atoms with Crippen LogP contribution in [0.3, 0.4) is 0 Å². The van der Waals surface area contributed by atoms with Crippen LogP contribution in [0.15, 0.2) is 42.6 Å². The maximum atomic E-state index is 14.2. The van der Waals surface area contributed by atoms with E-state index in [1.165, 1.54) is 10.7 Å². The van der Waals surface area contributed by atoms with Gasteiger partial charge in [-0.2, -0.15) is 5.10 Å². The first-order chi connectivity index (χ1) is 15.4. The second-order valence-corrected chi connectivity index (χ2v) is 7.14. The Morgan fingerprint density at radius 2 is 1.88 bits per heavy atom. The summed E-state index contributed by atoms with van der Waals surface area (Å²) < 4.78 is 15.7. The van der Waals surface area contributed by atoms with Gasteiger partial charge in [-0.3, -0.25) is 4.90 Å². The number of nitrogens with zero attached hydrogens (tertiary/aromatic N) is 6. The van der Waals surface area contributed by atoms with Crippen molar-refractivity contribution in [3.05, 3.63) is 54.0 Å². The molecule has 0 aliphatic heterocycles. The lowest BCUT2D eigenvalue weighted by Crippen LogP contribution is -2.33. The van der Waals surface area contributed by atoms with E-state index in [1.54, 1.807) is 36.5 Å². The minimum absolute atomic E-state index is 0.0314. The number of aromatic nitrogens is 5. The molecule has 164 valence electrons. The summed E-state index contributed by atoms with van der Waals surface area (Å²) in [5.74, 6) is -0.522. The van der Waals surface area contributed by atoms with Crippen LogP contribution in [0.2, 0.25) is 0 Å². The van der Waals surface area contributed by atoms with Gasteiger partial charge in [-0.1, -0.05) is 18.2 Å². The molecule has 3 aromatic heterocycles. The van der Waals surface area contributed by atoms with Crippen LogP contribution in [-0.2, 0) is 6.54 Å². The predicted molar refractivity (Wildman–Crippen MR) is 119 cm³/mol. The Bertz CT molecular complexity index is 1290. The molecule has 0 atom stereocenters. The third-order valence-corrected chi connectivity index (χ3v) is 4.91. The number of nitrogens with two attached hydrogens (primary N) is 2. The number of benzene rings is 1. The molecule has 0 aliphatic rings. The number of hydrogen-bond acceptors (Lipinski definition) is 7. The van der Waals surface area contributed by atoms with Crippen LogP contribution in [-0.4, -0.2) is 48.4 Å². The number of rotatable bonds is 6. The van der Waals surface area contributed by atoms with Gasteiger partial charge in [-0.05, 0) is 18.2 Å². The topological polar surface area (TPSA) is 149 Å². The van der Waals surface area contributed by atoms with Gasteiger partial charge in [0.2, 0.25) is 0 Å². The molecule has 10 nitrogen and oxygen atoms in total. The van der Waals surface area contributed by atoms with Crippen molar-refractivity contribution < 1.29 is 14.3 Å². The third-order valence-electron chi connectivity index (χ3n) is 4.74. The van der Waals surface area contributed by atoms with E-state index >= 15 is 0 Å². The van der Waals surface area contributed by atoms with E-state index in [-0.39, 0.29) is 47.9 Å². The fraction of sp³-hybridized carbons (Fsp3) is 0.150. The van der Waals surface area contributed by atoms with Gasteiger partial charge in [0.05, 0.1) is 11.9 Å². The maximum absolute atomic E-state index is 14.2. The highest BCUT2D eigenvalue weighted by Gasteiger charge is 2.24. The number of carboxylic acid groups (broad SMARTS) is 1. The van der Waals surface area contributed by atoms with Crippen molar-refractivity contribution in [2.75, 3.05) is 28.8 Å². The summed E-state index contributed by atoms with van der Waals surface area (Å²) in [5, 5.41) is 14.6. The Morgan fingerprint density at radius 1 is 1.16 bits per heavy atom. The minimum Gasteiger partial charge on any atom is -0.465 e. The largest absolute Gasteiger partial charge is 0.465 e. The number of hydrogen-bond donors (Lipinski definition) is 3. The lowest BCUT2D eigenvalue weighted by atomic mass is 10.2. The Hall–Kier alpha value is -3.99. The predicted octanol–water partition coefficient (Wildman–Crippen LogP) is 2.96. The number of halogens is 2. The van der Waals surface area contributed by atoms with Crippen LogP contribution in [0.1, 0.15) is 5.56 Å². The molecular formula is C20H18ClFN8O2. The molecule has 3 heterocycles. The highest BCUT2D eigenvalue weighted by molar-refractivity contribution is 6.18. The molecule has 4 rings (SSSR count). The molecule has 0 bridgehead atoms.